The van der Waals surface area contributed by atoms with Crippen molar-refractivity contribution >= 4 is 16.9 Å². The first-order valence-electron chi connectivity index (χ1n) is 10.3. The highest BCUT2D eigenvalue weighted by molar-refractivity contribution is 5.97. The number of amides is 1. The summed E-state index contributed by atoms with van der Waals surface area (Å²) in [5.74, 6) is 0.0112. The molecular formula is C21H30N4O. The Balaban J connectivity index is 1.36. The summed E-state index contributed by atoms with van der Waals surface area (Å²) in [5, 5.41) is 3.08. The number of nitrogens with one attached hydrogen (secondary N) is 1. The van der Waals surface area contributed by atoms with Crippen molar-refractivity contribution in [1.82, 2.24) is 19.8 Å². The van der Waals surface area contributed by atoms with Crippen molar-refractivity contribution in [3.05, 3.63) is 30.1 Å². The van der Waals surface area contributed by atoms with Crippen molar-refractivity contribution in [2.75, 3.05) is 26.2 Å². The van der Waals surface area contributed by atoms with Gasteiger partial charge in [-0.25, -0.2) is 4.98 Å². The predicted octanol–water partition coefficient (Wildman–Crippen LogP) is 3.76. The van der Waals surface area contributed by atoms with Gasteiger partial charge < -0.3 is 14.8 Å². The summed E-state index contributed by atoms with van der Waals surface area (Å²) < 4.78 is 2.29. The van der Waals surface area contributed by atoms with Crippen molar-refractivity contribution in [2.24, 2.45) is 0 Å². The first-order valence-corrected chi connectivity index (χ1v) is 10.3. The number of rotatable bonds is 5. The van der Waals surface area contributed by atoms with E-state index in [2.05, 4.69) is 25.8 Å². The van der Waals surface area contributed by atoms with Gasteiger partial charge in [0.15, 0.2) is 0 Å². The summed E-state index contributed by atoms with van der Waals surface area (Å²) in [7, 11) is 0. The maximum atomic E-state index is 12.5. The molecule has 1 aliphatic carbocycles. The van der Waals surface area contributed by atoms with E-state index in [0.29, 0.717) is 18.2 Å². The molecule has 0 spiro atoms. The van der Waals surface area contributed by atoms with E-state index >= 15 is 0 Å². The Hall–Kier alpha value is -1.88. The van der Waals surface area contributed by atoms with Gasteiger partial charge in [-0.15, -0.1) is 0 Å². The van der Waals surface area contributed by atoms with Gasteiger partial charge in [-0.05, 0) is 57.0 Å². The highest BCUT2D eigenvalue weighted by atomic mass is 16.1. The molecule has 5 heteroatoms. The number of likely N-dealkylation sites (tertiary alicyclic amines) is 1. The summed E-state index contributed by atoms with van der Waals surface area (Å²) in [6, 6.07) is 6.51. The molecule has 1 saturated carbocycles. The molecule has 0 unspecified atom stereocenters. The third-order valence-electron chi connectivity index (χ3n) is 5.97. The molecule has 1 aliphatic heterocycles. The SMILES string of the molecule is O=C(NCCN1CCCCCC1)c1ccc2c(c1)ncn2C1CCCC1. The van der Waals surface area contributed by atoms with Crippen LogP contribution < -0.4 is 5.32 Å². The van der Waals surface area contributed by atoms with Crippen molar-refractivity contribution in [1.29, 1.82) is 0 Å². The van der Waals surface area contributed by atoms with E-state index in [9.17, 15) is 4.79 Å². The van der Waals surface area contributed by atoms with E-state index in [-0.39, 0.29) is 5.91 Å². The molecule has 0 radical (unpaired) electrons. The van der Waals surface area contributed by atoms with Gasteiger partial charge in [0.25, 0.3) is 5.91 Å². The molecule has 0 atom stereocenters. The van der Waals surface area contributed by atoms with Crippen molar-refractivity contribution in [3.63, 3.8) is 0 Å². The molecule has 2 aromatic rings. The molecule has 1 saturated heterocycles. The van der Waals surface area contributed by atoms with Crippen LogP contribution in [0.5, 0.6) is 0 Å². The van der Waals surface area contributed by atoms with E-state index in [4.69, 9.17) is 0 Å². The Morgan fingerprint density at radius 2 is 1.85 bits per heavy atom. The van der Waals surface area contributed by atoms with Crippen LogP contribution in [0.15, 0.2) is 24.5 Å². The Kier molecular flexibility index (Phi) is 5.54. The summed E-state index contributed by atoms with van der Waals surface area (Å²) in [6.45, 7) is 4.00. The van der Waals surface area contributed by atoms with Gasteiger partial charge >= 0.3 is 0 Å². The maximum absolute atomic E-state index is 12.5. The molecule has 1 amide bonds. The molecule has 1 aromatic carbocycles. The molecule has 26 heavy (non-hydrogen) atoms. The normalized spacial score (nSPS) is 19.7. The van der Waals surface area contributed by atoms with Gasteiger partial charge in [-0.3, -0.25) is 4.79 Å². The standard InChI is InChI=1S/C21H30N4O/c26-21(22-11-14-24-12-5-1-2-6-13-24)17-9-10-20-19(15-17)23-16-25(20)18-7-3-4-8-18/h9-10,15-16,18H,1-8,11-14H2,(H,22,26). The number of carbonyl (C=O) groups is 1. The third kappa shape index (κ3) is 3.93. The summed E-state index contributed by atoms with van der Waals surface area (Å²) >= 11 is 0. The second-order valence-electron chi connectivity index (χ2n) is 7.81. The Bertz CT molecular complexity index is 740. The van der Waals surface area contributed by atoms with Crippen molar-refractivity contribution in [2.45, 2.75) is 57.4 Å². The van der Waals surface area contributed by atoms with Crippen LogP contribution in [0.25, 0.3) is 11.0 Å². The number of nitrogens with zero attached hydrogens (tertiary/aromatic N) is 3. The van der Waals surface area contributed by atoms with E-state index in [1.807, 2.05) is 18.5 Å². The Labute approximate surface area is 155 Å². The average Bonchev–Trinajstić information content (AvgIpc) is 3.25. The molecule has 0 bridgehead atoms. The quantitative estimate of drug-likeness (QED) is 0.889. The lowest BCUT2D eigenvalue weighted by molar-refractivity contribution is 0.0948. The second kappa shape index (κ2) is 8.21. The van der Waals surface area contributed by atoms with Crippen LogP contribution in [0.1, 0.15) is 67.8 Å². The molecule has 1 N–H and O–H groups in total. The average molecular weight is 354 g/mol. The maximum Gasteiger partial charge on any atom is 0.251 e. The van der Waals surface area contributed by atoms with Crippen LogP contribution in [0.3, 0.4) is 0 Å². The van der Waals surface area contributed by atoms with Gasteiger partial charge in [-0.2, -0.15) is 0 Å². The van der Waals surface area contributed by atoms with Gasteiger partial charge in [0.05, 0.1) is 17.4 Å². The minimum atomic E-state index is 0.0112. The Morgan fingerprint density at radius 3 is 2.62 bits per heavy atom. The highest BCUT2D eigenvalue weighted by Crippen LogP contribution is 2.32. The highest BCUT2D eigenvalue weighted by Gasteiger charge is 2.19. The number of benzene rings is 1. The van der Waals surface area contributed by atoms with E-state index < -0.39 is 0 Å². The van der Waals surface area contributed by atoms with Crippen LogP contribution in [0.2, 0.25) is 0 Å². The minimum Gasteiger partial charge on any atom is -0.351 e. The van der Waals surface area contributed by atoms with Crippen LogP contribution in [-0.2, 0) is 0 Å². The fourth-order valence-corrected chi connectivity index (χ4v) is 4.44. The molecule has 2 aliphatic rings. The fourth-order valence-electron chi connectivity index (χ4n) is 4.44. The lowest BCUT2D eigenvalue weighted by Gasteiger charge is -2.19. The van der Waals surface area contributed by atoms with Crippen LogP contribution in [0.4, 0.5) is 0 Å². The van der Waals surface area contributed by atoms with Gasteiger partial charge in [-0.1, -0.05) is 25.7 Å². The minimum absolute atomic E-state index is 0.0112. The molecule has 1 aromatic heterocycles. The van der Waals surface area contributed by atoms with E-state index in [1.54, 1.807) is 0 Å². The molecule has 140 valence electrons. The zero-order valence-electron chi connectivity index (χ0n) is 15.6. The summed E-state index contributed by atoms with van der Waals surface area (Å²) in [5.41, 5.74) is 2.79. The van der Waals surface area contributed by atoms with Crippen molar-refractivity contribution in [3.8, 4) is 0 Å². The monoisotopic (exact) mass is 354 g/mol. The first kappa shape index (κ1) is 17.5. The Morgan fingerprint density at radius 1 is 1.08 bits per heavy atom. The lowest BCUT2D eigenvalue weighted by atomic mass is 10.1. The fraction of sp³-hybridized carbons (Fsp3) is 0.619. The smallest absolute Gasteiger partial charge is 0.251 e. The number of fused-ring (bicyclic) bond motifs is 1. The van der Waals surface area contributed by atoms with E-state index in [0.717, 1.165) is 17.6 Å². The van der Waals surface area contributed by atoms with Crippen LogP contribution in [0, 0.1) is 0 Å². The molecule has 4 rings (SSSR count). The topological polar surface area (TPSA) is 50.2 Å². The molecular weight excluding hydrogens is 324 g/mol. The van der Waals surface area contributed by atoms with Crippen LogP contribution in [-0.4, -0.2) is 46.5 Å². The lowest BCUT2D eigenvalue weighted by Crippen LogP contribution is -2.35. The molecule has 2 heterocycles. The van der Waals surface area contributed by atoms with Crippen molar-refractivity contribution < 1.29 is 4.79 Å². The molecule has 2 fully saturated rings. The van der Waals surface area contributed by atoms with Gasteiger partial charge in [0, 0.05) is 24.7 Å². The second-order valence-corrected chi connectivity index (χ2v) is 7.81. The number of imidazole rings is 1. The zero-order valence-corrected chi connectivity index (χ0v) is 15.6. The third-order valence-corrected chi connectivity index (χ3v) is 5.97. The number of aromatic nitrogens is 2. The van der Waals surface area contributed by atoms with Gasteiger partial charge in [0.1, 0.15) is 0 Å². The van der Waals surface area contributed by atoms with Gasteiger partial charge in [0.2, 0.25) is 0 Å². The number of carbonyl (C=O) groups excluding carboxylic acids is 1. The zero-order chi connectivity index (χ0) is 17.8. The summed E-state index contributed by atoms with van der Waals surface area (Å²) in [4.78, 5) is 19.5. The van der Waals surface area contributed by atoms with E-state index in [1.165, 1.54) is 64.5 Å². The molecule has 5 nitrogen and oxygen atoms in total. The number of hydrogen-bond acceptors (Lipinski definition) is 3. The summed E-state index contributed by atoms with van der Waals surface area (Å²) in [6.07, 6.45) is 12.3. The number of hydrogen-bond donors (Lipinski definition) is 1. The van der Waals surface area contributed by atoms with Crippen LogP contribution >= 0.6 is 0 Å². The first-order chi connectivity index (χ1) is 12.8. The largest absolute Gasteiger partial charge is 0.351 e. The predicted molar refractivity (Wildman–Crippen MR) is 104 cm³/mol.